The van der Waals surface area contributed by atoms with Gasteiger partial charge in [-0.05, 0) is 43.9 Å². The van der Waals surface area contributed by atoms with E-state index in [9.17, 15) is 0 Å². The van der Waals surface area contributed by atoms with Gasteiger partial charge >= 0.3 is 0 Å². The molecule has 4 heteroatoms. The van der Waals surface area contributed by atoms with Gasteiger partial charge in [0, 0.05) is 24.2 Å². The fourth-order valence-corrected chi connectivity index (χ4v) is 2.31. The summed E-state index contributed by atoms with van der Waals surface area (Å²) in [7, 11) is 3.44. The lowest BCUT2D eigenvalue weighted by atomic mass is 9.96. The molecule has 0 spiro atoms. The first-order chi connectivity index (χ1) is 8.43. The molecule has 0 aliphatic heterocycles. The molecule has 0 N–H and O–H groups in total. The van der Waals surface area contributed by atoms with Crippen LogP contribution in [0, 0.1) is 32.2 Å². The van der Waals surface area contributed by atoms with Crippen LogP contribution in [0.1, 0.15) is 22.3 Å². The van der Waals surface area contributed by atoms with E-state index >= 15 is 0 Å². The van der Waals surface area contributed by atoms with Gasteiger partial charge in [-0.25, -0.2) is 0 Å². The predicted molar refractivity (Wildman–Crippen MR) is 74.2 cm³/mol. The Bertz CT molecular complexity index is 492. The number of benzene rings is 1. The lowest BCUT2D eigenvalue weighted by molar-refractivity contribution is 0.400. The third-order valence-electron chi connectivity index (χ3n) is 3.36. The van der Waals surface area contributed by atoms with Gasteiger partial charge < -0.3 is 9.64 Å². The largest absolute Gasteiger partial charge is 0.496 e. The molecule has 0 aromatic heterocycles. The molecule has 0 fully saturated rings. The Morgan fingerprint density at radius 2 is 1.83 bits per heavy atom. The number of methoxy groups -OCH3 is 1. The molecule has 0 bridgehead atoms. The van der Waals surface area contributed by atoms with Crippen molar-refractivity contribution < 1.29 is 4.74 Å². The van der Waals surface area contributed by atoms with E-state index in [0.29, 0.717) is 6.54 Å². The zero-order valence-corrected chi connectivity index (χ0v) is 12.4. The average molecular weight is 267 g/mol. The van der Waals surface area contributed by atoms with Crippen LogP contribution in [0.5, 0.6) is 5.75 Å². The summed E-state index contributed by atoms with van der Waals surface area (Å²) >= 11 is 6.33. The van der Waals surface area contributed by atoms with Crippen LogP contribution in [0.2, 0.25) is 5.02 Å². The Balaban J connectivity index is 3.22. The summed E-state index contributed by atoms with van der Waals surface area (Å²) in [5, 5.41) is 9.57. The van der Waals surface area contributed by atoms with Crippen LogP contribution in [0.15, 0.2) is 0 Å². The molecule has 0 aliphatic rings. The maximum absolute atomic E-state index is 8.78. The van der Waals surface area contributed by atoms with Crippen molar-refractivity contribution in [2.24, 2.45) is 0 Å². The van der Waals surface area contributed by atoms with Crippen LogP contribution in [0.3, 0.4) is 0 Å². The number of likely N-dealkylation sites (N-methyl/N-ethyl adjacent to an activating group) is 1. The maximum atomic E-state index is 8.78. The van der Waals surface area contributed by atoms with Crippen LogP contribution in [-0.2, 0) is 6.42 Å². The molecule has 0 aliphatic carbocycles. The van der Waals surface area contributed by atoms with E-state index in [4.69, 9.17) is 21.6 Å². The van der Waals surface area contributed by atoms with Crippen molar-refractivity contribution in [3.05, 3.63) is 27.3 Å². The molecule has 98 valence electrons. The third-order valence-corrected chi connectivity index (χ3v) is 3.93. The normalized spacial score (nSPS) is 10.1. The van der Waals surface area contributed by atoms with Gasteiger partial charge in [0.25, 0.3) is 0 Å². The number of nitrogens with zero attached hydrogens (tertiary/aromatic N) is 2. The number of halogens is 1. The minimum atomic E-state index is 0.659. The predicted octanol–water partition coefficient (Wildman–Crippen LogP) is 3.23. The molecular weight excluding hydrogens is 248 g/mol. The first-order valence-electron chi connectivity index (χ1n) is 5.87. The summed E-state index contributed by atoms with van der Waals surface area (Å²) in [6, 6.07) is 0. The fourth-order valence-electron chi connectivity index (χ4n) is 2.05. The van der Waals surface area contributed by atoms with E-state index in [2.05, 4.69) is 6.19 Å². The van der Waals surface area contributed by atoms with Gasteiger partial charge in [0.1, 0.15) is 5.75 Å². The van der Waals surface area contributed by atoms with Crippen molar-refractivity contribution in [2.45, 2.75) is 27.2 Å². The molecular formula is C14H19ClN2O. The second-order valence-corrected chi connectivity index (χ2v) is 4.85. The topological polar surface area (TPSA) is 36.3 Å². The fraction of sp³-hybridized carbons (Fsp3) is 0.500. The highest BCUT2D eigenvalue weighted by molar-refractivity contribution is 6.32. The van der Waals surface area contributed by atoms with Crippen molar-refractivity contribution in [1.82, 2.24) is 4.90 Å². The summed E-state index contributed by atoms with van der Waals surface area (Å²) in [4.78, 5) is 1.60. The number of rotatable bonds is 4. The quantitative estimate of drug-likeness (QED) is 0.620. The van der Waals surface area contributed by atoms with Gasteiger partial charge in [-0.15, -0.1) is 0 Å². The van der Waals surface area contributed by atoms with Gasteiger partial charge in [0.05, 0.1) is 7.11 Å². The van der Waals surface area contributed by atoms with Crippen molar-refractivity contribution >= 4 is 11.6 Å². The van der Waals surface area contributed by atoms with Crippen molar-refractivity contribution in [1.29, 1.82) is 5.26 Å². The molecule has 3 nitrogen and oxygen atoms in total. The zero-order valence-electron chi connectivity index (χ0n) is 11.6. The Morgan fingerprint density at radius 3 is 2.33 bits per heavy atom. The minimum Gasteiger partial charge on any atom is -0.496 e. The van der Waals surface area contributed by atoms with E-state index in [1.807, 2.05) is 20.8 Å². The lowest BCUT2D eigenvalue weighted by Crippen LogP contribution is -2.16. The molecule has 1 aromatic rings. The molecule has 0 saturated carbocycles. The van der Waals surface area contributed by atoms with Crippen LogP contribution >= 0.6 is 11.6 Å². The monoisotopic (exact) mass is 266 g/mol. The summed E-state index contributed by atoms with van der Waals surface area (Å²) in [6.07, 6.45) is 2.84. The Labute approximate surface area is 114 Å². The maximum Gasteiger partial charge on any atom is 0.179 e. The second-order valence-electron chi connectivity index (χ2n) is 4.47. The van der Waals surface area contributed by atoms with E-state index in [0.717, 1.165) is 39.4 Å². The second kappa shape index (κ2) is 5.97. The van der Waals surface area contributed by atoms with Gasteiger partial charge in [-0.1, -0.05) is 11.6 Å². The Hall–Kier alpha value is -1.40. The van der Waals surface area contributed by atoms with Crippen molar-refractivity contribution in [2.75, 3.05) is 20.7 Å². The SMILES string of the molecule is COc1c(C)c(C)c(Cl)c(C)c1CCN(C)C#N. The molecule has 0 saturated heterocycles. The van der Waals surface area contributed by atoms with E-state index in [1.165, 1.54) is 0 Å². The number of nitriles is 1. The molecule has 0 unspecified atom stereocenters. The van der Waals surface area contributed by atoms with E-state index in [-0.39, 0.29) is 0 Å². The van der Waals surface area contributed by atoms with Gasteiger partial charge in [0.2, 0.25) is 0 Å². The van der Waals surface area contributed by atoms with E-state index < -0.39 is 0 Å². The number of hydrogen-bond acceptors (Lipinski definition) is 3. The molecule has 0 atom stereocenters. The molecule has 1 rings (SSSR count). The summed E-state index contributed by atoms with van der Waals surface area (Å²) in [6.45, 7) is 6.67. The highest BCUT2D eigenvalue weighted by atomic mass is 35.5. The van der Waals surface area contributed by atoms with E-state index in [1.54, 1.807) is 19.1 Å². The number of ether oxygens (including phenoxy) is 1. The van der Waals surface area contributed by atoms with Crippen LogP contribution in [0.4, 0.5) is 0 Å². The van der Waals surface area contributed by atoms with Crippen LogP contribution < -0.4 is 4.74 Å². The zero-order chi connectivity index (χ0) is 13.9. The molecule has 0 amide bonds. The van der Waals surface area contributed by atoms with Gasteiger partial charge in [-0.3, -0.25) is 0 Å². The van der Waals surface area contributed by atoms with Gasteiger partial charge in [0.15, 0.2) is 6.19 Å². The molecule has 1 aromatic carbocycles. The first kappa shape index (κ1) is 14.7. The van der Waals surface area contributed by atoms with Crippen molar-refractivity contribution in [3.63, 3.8) is 0 Å². The molecule has 18 heavy (non-hydrogen) atoms. The third kappa shape index (κ3) is 2.70. The van der Waals surface area contributed by atoms with Crippen molar-refractivity contribution in [3.8, 4) is 11.9 Å². The first-order valence-corrected chi connectivity index (χ1v) is 6.24. The highest BCUT2D eigenvalue weighted by Gasteiger charge is 2.16. The standard InChI is InChI=1S/C14H19ClN2O/c1-9-10(2)14(18-5)12(11(3)13(9)15)6-7-17(4)8-16/h6-7H2,1-5H3. The Morgan fingerprint density at radius 1 is 1.22 bits per heavy atom. The van der Waals surface area contributed by atoms with Crippen LogP contribution in [0.25, 0.3) is 0 Å². The number of hydrogen-bond donors (Lipinski definition) is 0. The highest BCUT2D eigenvalue weighted by Crippen LogP contribution is 2.36. The van der Waals surface area contributed by atoms with Gasteiger partial charge in [-0.2, -0.15) is 5.26 Å². The minimum absolute atomic E-state index is 0.659. The summed E-state index contributed by atoms with van der Waals surface area (Å²) in [5.74, 6) is 0.890. The average Bonchev–Trinajstić information content (AvgIpc) is 2.38. The smallest absolute Gasteiger partial charge is 0.179 e. The Kier molecular flexibility index (Phi) is 4.86. The lowest BCUT2D eigenvalue weighted by Gasteiger charge is -2.19. The molecule has 0 heterocycles. The summed E-state index contributed by atoms with van der Waals surface area (Å²) in [5.41, 5.74) is 4.27. The summed E-state index contributed by atoms with van der Waals surface area (Å²) < 4.78 is 5.50. The molecule has 0 radical (unpaired) electrons. The van der Waals surface area contributed by atoms with Crippen LogP contribution in [-0.4, -0.2) is 25.6 Å².